The summed E-state index contributed by atoms with van der Waals surface area (Å²) >= 11 is 3.05. The van der Waals surface area contributed by atoms with Gasteiger partial charge in [0, 0.05) is 6.61 Å². The summed E-state index contributed by atoms with van der Waals surface area (Å²) in [5, 5.41) is 22.7. The summed E-state index contributed by atoms with van der Waals surface area (Å²) in [7, 11) is 0. The molecule has 0 aliphatic heterocycles. The average molecular weight is 264 g/mol. The van der Waals surface area contributed by atoms with Crippen molar-refractivity contribution in [2.75, 3.05) is 6.61 Å². The van der Waals surface area contributed by atoms with Crippen molar-refractivity contribution < 1.29 is 10.0 Å². The van der Waals surface area contributed by atoms with Crippen LogP contribution in [-0.4, -0.2) is 26.4 Å². The third-order valence-electron chi connectivity index (χ3n) is 1.67. The van der Waals surface area contributed by atoms with Crippen molar-refractivity contribution in [1.82, 2.24) is 9.78 Å². The summed E-state index contributed by atoms with van der Waals surface area (Å²) in [6, 6.07) is 0. The summed E-state index contributed by atoms with van der Waals surface area (Å²) in [5.74, 6) is -0.172. The van der Waals surface area contributed by atoms with Gasteiger partial charge in [0.2, 0.25) is 0 Å². The zero-order valence-corrected chi connectivity index (χ0v) is 8.98. The monoisotopic (exact) mass is 263 g/mol. The lowest BCUT2D eigenvalue weighted by Crippen LogP contribution is -2.00. The number of aromatic nitrogens is 2. The summed E-state index contributed by atoms with van der Waals surface area (Å²) in [5.41, 5.74) is 0. The minimum Gasteiger partial charge on any atom is -0.396 e. The van der Waals surface area contributed by atoms with Crippen molar-refractivity contribution in [3.63, 3.8) is 0 Å². The van der Waals surface area contributed by atoms with Crippen LogP contribution in [0.5, 0.6) is 0 Å². The Bertz CT molecular complexity index is 326. The highest BCUT2D eigenvalue weighted by Gasteiger charge is 2.17. The third kappa shape index (κ3) is 2.78. The Morgan fingerprint density at radius 3 is 2.86 bits per heavy atom. The molecular weight excluding hydrogens is 254 g/mol. The first kappa shape index (κ1) is 11.1. The molecule has 0 saturated heterocycles. The maximum Gasteiger partial charge on any atom is 0.404 e. The molecule has 0 spiro atoms. The van der Waals surface area contributed by atoms with E-state index >= 15 is 0 Å². The fraction of sp³-hybridized carbons (Fsp3) is 0.571. The Morgan fingerprint density at radius 1 is 1.64 bits per heavy atom. The van der Waals surface area contributed by atoms with Crippen molar-refractivity contribution in [2.24, 2.45) is 0 Å². The van der Waals surface area contributed by atoms with E-state index in [2.05, 4.69) is 21.0 Å². The number of hydrogen-bond donors (Lipinski definition) is 1. The van der Waals surface area contributed by atoms with E-state index in [-0.39, 0.29) is 12.4 Å². The molecule has 0 aliphatic rings. The van der Waals surface area contributed by atoms with E-state index in [0.717, 1.165) is 6.42 Å². The molecule has 0 radical (unpaired) electrons. The van der Waals surface area contributed by atoms with Crippen molar-refractivity contribution in [1.29, 1.82) is 0 Å². The molecule has 78 valence electrons. The molecule has 0 saturated carbocycles. The molecule has 1 aromatic heterocycles. The second kappa shape index (κ2) is 5.06. The van der Waals surface area contributed by atoms with Gasteiger partial charge in [0.15, 0.2) is 0 Å². The summed E-state index contributed by atoms with van der Waals surface area (Å²) < 4.78 is 1.88. The van der Waals surface area contributed by atoms with E-state index in [1.807, 2.05) is 0 Å². The first-order valence-electron chi connectivity index (χ1n) is 4.13. The third-order valence-corrected chi connectivity index (χ3v) is 2.23. The van der Waals surface area contributed by atoms with Crippen molar-refractivity contribution >= 4 is 21.7 Å². The average Bonchev–Trinajstić information content (AvgIpc) is 2.47. The number of aliphatic hydroxyl groups is 1. The molecule has 6 nitrogen and oxygen atoms in total. The van der Waals surface area contributed by atoms with Crippen LogP contribution in [-0.2, 0) is 6.54 Å². The molecule has 0 bridgehead atoms. The van der Waals surface area contributed by atoms with Gasteiger partial charge in [-0.05, 0) is 33.7 Å². The van der Waals surface area contributed by atoms with E-state index in [4.69, 9.17) is 5.11 Å². The standard InChI is InChI=1S/C7H10BrN3O3/c8-6-5-10(3-1-2-4-12)9-7(6)11(13)14/h5,12H,1-4H2. The van der Waals surface area contributed by atoms with Gasteiger partial charge in [-0.15, -0.1) is 0 Å². The fourth-order valence-electron chi connectivity index (χ4n) is 1.01. The molecule has 1 rings (SSSR count). The fourth-order valence-corrected chi connectivity index (χ4v) is 1.47. The molecular formula is C7H10BrN3O3. The molecule has 0 aromatic carbocycles. The number of aryl methyl sites for hydroxylation is 1. The predicted molar refractivity (Wildman–Crippen MR) is 52.9 cm³/mol. The van der Waals surface area contributed by atoms with Gasteiger partial charge in [-0.2, -0.15) is 4.68 Å². The summed E-state index contributed by atoms with van der Waals surface area (Å²) in [6.07, 6.45) is 2.99. The summed E-state index contributed by atoms with van der Waals surface area (Å²) in [6.45, 7) is 0.706. The lowest BCUT2D eigenvalue weighted by Gasteiger charge is -1.93. The van der Waals surface area contributed by atoms with Crippen molar-refractivity contribution in [3.05, 3.63) is 20.8 Å². The van der Waals surface area contributed by atoms with E-state index in [1.54, 1.807) is 6.20 Å². The minimum absolute atomic E-state index is 0.129. The van der Waals surface area contributed by atoms with Crippen molar-refractivity contribution in [2.45, 2.75) is 19.4 Å². The predicted octanol–water partition coefficient (Wildman–Crippen LogP) is 1.33. The molecule has 1 heterocycles. The number of nitro groups is 1. The van der Waals surface area contributed by atoms with Crippen LogP contribution in [0.1, 0.15) is 12.8 Å². The van der Waals surface area contributed by atoms with Crippen LogP contribution < -0.4 is 0 Å². The Labute approximate surface area is 88.8 Å². The topological polar surface area (TPSA) is 81.2 Å². The number of rotatable bonds is 5. The van der Waals surface area contributed by atoms with Crippen molar-refractivity contribution in [3.8, 4) is 0 Å². The first-order valence-corrected chi connectivity index (χ1v) is 4.92. The second-order valence-electron chi connectivity index (χ2n) is 2.75. The number of nitrogens with zero attached hydrogens (tertiary/aromatic N) is 3. The Hall–Kier alpha value is -0.950. The maximum absolute atomic E-state index is 10.4. The van der Waals surface area contributed by atoms with Gasteiger partial charge >= 0.3 is 5.82 Å². The molecule has 0 amide bonds. The van der Waals surface area contributed by atoms with Crippen LogP contribution in [0.3, 0.4) is 0 Å². The van der Waals surface area contributed by atoms with Gasteiger partial charge in [0.05, 0.1) is 17.8 Å². The van der Waals surface area contributed by atoms with E-state index in [0.29, 0.717) is 17.4 Å². The number of hydrogen-bond acceptors (Lipinski definition) is 4. The van der Waals surface area contributed by atoms with E-state index in [9.17, 15) is 10.1 Å². The van der Waals surface area contributed by atoms with E-state index in [1.165, 1.54) is 4.68 Å². The van der Waals surface area contributed by atoms with Crippen LogP contribution >= 0.6 is 15.9 Å². The molecule has 0 atom stereocenters. The Kier molecular flexibility index (Phi) is 4.02. The minimum atomic E-state index is -0.535. The highest BCUT2D eigenvalue weighted by Crippen LogP contribution is 2.21. The van der Waals surface area contributed by atoms with Gasteiger partial charge in [-0.1, -0.05) is 0 Å². The smallest absolute Gasteiger partial charge is 0.396 e. The van der Waals surface area contributed by atoms with Gasteiger partial charge in [0.25, 0.3) is 0 Å². The number of aliphatic hydroxyl groups excluding tert-OH is 1. The number of halogens is 1. The van der Waals surface area contributed by atoms with Gasteiger partial charge < -0.3 is 15.2 Å². The van der Waals surface area contributed by atoms with Crippen LogP contribution in [0.4, 0.5) is 5.82 Å². The first-order chi connectivity index (χ1) is 6.65. The van der Waals surface area contributed by atoms with Gasteiger partial charge in [-0.3, -0.25) is 0 Å². The maximum atomic E-state index is 10.4. The lowest BCUT2D eigenvalue weighted by atomic mass is 10.3. The lowest BCUT2D eigenvalue weighted by molar-refractivity contribution is -0.390. The van der Waals surface area contributed by atoms with Crippen LogP contribution in [0.2, 0.25) is 0 Å². The van der Waals surface area contributed by atoms with E-state index < -0.39 is 4.92 Å². The summed E-state index contributed by atoms with van der Waals surface area (Å²) in [4.78, 5) is 9.89. The largest absolute Gasteiger partial charge is 0.404 e. The highest BCUT2D eigenvalue weighted by molar-refractivity contribution is 9.10. The normalized spacial score (nSPS) is 10.4. The second-order valence-corrected chi connectivity index (χ2v) is 3.61. The molecule has 14 heavy (non-hydrogen) atoms. The van der Waals surface area contributed by atoms with Gasteiger partial charge in [0.1, 0.15) is 4.47 Å². The quantitative estimate of drug-likeness (QED) is 0.494. The Balaban J connectivity index is 2.62. The molecule has 0 aliphatic carbocycles. The SMILES string of the molecule is O=[N+]([O-])c1nn(CCCCO)cc1Br. The van der Waals surface area contributed by atoms with Crippen LogP contribution in [0.15, 0.2) is 10.7 Å². The van der Waals surface area contributed by atoms with Crippen LogP contribution in [0.25, 0.3) is 0 Å². The zero-order valence-electron chi connectivity index (χ0n) is 7.39. The Morgan fingerprint density at radius 2 is 2.36 bits per heavy atom. The molecule has 0 fully saturated rings. The van der Waals surface area contributed by atoms with Gasteiger partial charge in [-0.25, -0.2) is 0 Å². The number of unbranched alkanes of at least 4 members (excludes halogenated alkanes) is 1. The molecule has 1 N–H and O–H groups in total. The van der Waals surface area contributed by atoms with Crippen LogP contribution in [0, 0.1) is 10.1 Å². The molecule has 0 unspecified atom stereocenters. The zero-order chi connectivity index (χ0) is 10.6. The molecule has 1 aromatic rings. The molecule has 7 heteroatoms. The highest BCUT2D eigenvalue weighted by atomic mass is 79.9.